The molecule has 1 saturated heterocycles. The first-order chi connectivity index (χ1) is 15.5. The highest BCUT2D eigenvalue weighted by Crippen LogP contribution is 2.23. The van der Waals surface area contributed by atoms with Gasteiger partial charge >= 0.3 is 6.03 Å². The van der Waals surface area contributed by atoms with Gasteiger partial charge in [-0.2, -0.15) is 0 Å². The molecular weight excluding hydrogens is 409 g/mol. The number of nitrogens with one attached hydrogen (secondary N) is 1. The maximum absolute atomic E-state index is 13.1. The Morgan fingerprint density at radius 3 is 2.31 bits per heavy atom. The smallest absolute Gasteiger partial charge is 0.324 e. The molecule has 1 N–H and O–H groups in total. The summed E-state index contributed by atoms with van der Waals surface area (Å²) in [6.45, 7) is 1.68. The lowest BCUT2D eigenvalue weighted by Gasteiger charge is -2.35. The molecule has 0 atom stereocenters. The van der Waals surface area contributed by atoms with Gasteiger partial charge in [0.2, 0.25) is 0 Å². The van der Waals surface area contributed by atoms with Gasteiger partial charge in [0.05, 0.1) is 7.11 Å². The Kier molecular flexibility index (Phi) is 6.35. The molecule has 0 spiro atoms. The Morgan fingerprint density at radius 1 is 0.969 bits per heavy atom. The van der Waals surface area contributed by atoms with Crippen molar-refractivity contribution in [3.63, 3.8) is 0 Å². The monoisotopic (exact) mass is 433 g/mol. The van der Waals surface area contributed by atoms with Gasteiger partial charge in [0.25, 0.3) is 5.91 Å². The van der Waals surface area contributed by atoms with Crippen molar-refractivity contribution < 1.29 is 18.7 Å². The number of nitrogens with zero attached hydrogens (tertiary/aromatic N) is 2. The molecular formula is C25H24FN3O3. The third-order valence-corrected chi connectivity index (χ3v) is 5.39. The van der Waals surface area contributed by atoms with Crippen LogP contribution in [-0.2, 0) is 6.54 Å². The molecule has 164 valence electrons. The van der Waals surface area contributed by atoms with Crippen LogP contribution in [0.15, 0.2) is 72.8 Å². The third-order valence-electron chi connectivity index (χ3n) is 5.39. The number of methoxy groups -OCH3 is 1. The lowest BCUT2D eigenvalue weighted by molar-refractivity contribution is 0.102. The number of benzene rings is 3. The van der Waals surface area contributed by atoms with Gasteiger partial charge in [0, 0.05) is 36.6 Å². The van der Waals surface area contributed by atoms with Gasteiger partial charge < -0.3 is 15.0 Å². The quantitative estimate of drug-likeness (QED) is 0.600. The van der Waals surface area contributed by atoms with Gasteiger partial charge in [-0.25, -0.2) is 9.18 Å². The number of hydrogen-bond donors (Lipinski definition) is 1. The van der Waals surface area contributed by atoms with Crippen LogP contribution in [-0.4, -0.2) is 37.0 Å². The lowest BCUT2D eigenvalue weighted by Crippen LogP contribution is -2.49. The van der Waals surface area contributed by atoms with Crippen LogP contribution in [0.4, 0.5) is 20.6 Å². The van der Waals surface area contributed by atoms with Crippen LogP contribution in [0.3, 0.4) is 0 Å². The van der Waals surface area contributed by atoms with Crippen molar-refractivity contribution in [2.75, 3.05) is 30.4 Å². The van der Waals surface area contributed by atoms with Crippen molar-refractivity contribution >= 4 is 23.3 Å². The minimum absolute atomic E-state index is 0.101. The highest BCUT2D eigenvalue weighted by Gasteiger charge is 2.27. The van der Waals surface area contributed by atoms with E-state index in [0.29, 0.717) is 36.6 Å². The first-order valence-electron chi connectivity index (χ1n) is 10.4. The largest absolute Gasteiger partial charge is 0.497 e. The summed E-state index contributed by atoms with van der Waals surface area (Å²) in [4.78, 5) is 29.0. The number of hydrogen-bond acceptors (Lipinski definition) is 3. The van der Waals surface area contributed by atoms with Crippen LogP contribution in [0.25, 0.3) is 0 Å². The van der Waals surface area contributed by atoms with Gasteiger partial charge in [0.15, 0.2) is 0 Å². The molecule has 1 heterocycles. The SMILES string of the molecule is COc1ccc(NC(=O)c2ccc(N3CCCN(Cc4ccc(F)cc4)C3=O)cc2)cc1. The minimum Gasteiger partial charge on any atom is -0.497 e. The maximum Gasteiger partial charge on any atom is 0.324 e. The van der Waals surface area contributed by atoms with Crippen molar-refractivity contribution in [2.24, 2.45) is 0 Å². The van der Waals surface area contributed by atoms with Gasteiger partial charge in [0.1, 0.15) is 11.6 Å². The van der Waals surface area contributed by atoms with Crippen molar-refractivity contribution in [3.8, 4) is 5.75 Å². The zero-order chi connectivity index (χ0) is 22.5. The Morgan fingerprint density at radius 2 is 1.66 bits per heavy atom. The summed E-state index contributed by atoms with van der Waals surface area (Å²) in [5, 5.41) is 2.85. The van der Waals surface area contributed by atoms with Gasteiger partial charge in [-0.1, -0.05) is 12.1 Å². The summed E-state index contributed by atoms with van der Waals surface area (Å²) in [5.41, 5.74) is 2.78. The lowest BCUT2D eigenvalue weighted by atomic mass is 10.1. The van der Waals surface area contributed by atoms with Crippen molar-refractivity contribution in [1.29, 1.82) is 0 Å². The molecule has 3 amide bonds. The van der Waals surface area contributed by atoms with Crippen LogP contribution in [0.1, 0.15) is 22.3 Å². The Balaban J connectivity index is 1.41. The fourth-order valence-corrected chi connectivity index (χ4v) is 3.65. The van der Waals surface area contributed by atoms with E-state index >= 15 is 0 Å². The summed E-state index contributed by atoms with van der Waals surface area (Å²) in [7, 11) is 1.59. The zero-order valence-corrected chi connectivity index (χ0v) is 17.8. The predicted molar refractivity (Wildman–Crippen MR) is 122 cm³/mol. The van der Waals surface area contributed by atoms with Crippen molar-refractivity contribution in [2.45, 2.75) is 13.0 Å². The van der Waals surface area contributed by atoms with E-state index in [1.54, 1.807) is 77.6 Å². The number of amides is 3. The fraction of sp³-hybridized carbons (Fsp3) is 0.200. The number of urea groups is 1. The molecule has 1 aliphatic heterocycles. The average molecular weight is 433 g/mol. The maximum atomic E-state index is 13.1. The molecule has 0 aliphatic carbocycles. The number of anilines is 2. The molecule has 32 heavy (non-hydrogen) atoms. The van der Waals surface area contributed by atoms with E-state index in [2.05, 4.69) is 5.32 Å². The zero-order valence-electron chi connectivity index (χ0n) is 17.8. The summed E-state index contributed by atoms with van der Waals surface area (Å²) >= 11 is 0. The van der Waals surface area contributed by atoms with E-state index in [1.165, 1.54) is 12.1 Å². The number of halogens is 1. The van der Waals surface area contributed by atoms with E-state index in [4.69, 9.17) is 4.74 Å². The number of carbonyl (C=O) groups is 2. The van der Waals surface area contributed by atoms with Crippen molar-refractivity contribution in [3.05, 3.63) is 89.7 Å². The average Bonchev–Trinajstić information content (AvgIpc) is 2.82. The summed E-state index contributed by atoms with van der Waals surface area (Å²) in [6.07, 6.45) is 0.826. The van der Waals surface area contributed by atoms with Crippen LogP contribution in [0.2, 0.25) is 0 Å². The topological polar surface area (TPSA) is 61.9 Å². The highest BCUT2D eigenvalue weighted by atomic mass is 19.1. The molecule has 0 aromatic heterocycles. The van der Waals surface area contributed by atoms with Gasteiger partial charge in [-0.15, -0.1) is 0 Å². The number of ether oxygens (including phenoxy) is 1. The molecule has 1 fully saturated rings. The first kappa shape index (κ1) is 21.4. The fourth-order valence-electron chi connectivity index (χ4n) is 3.65. The van der Waals surface area contributed by atoms with E-state index in [1.807, 2.05) is 0 Å². The van der Waals surface area contributed by atoms with E-state index in [-0.39, 0.29) is 17.8 Å². The van der Waals surface area contributed by atoms with Crippen LogP contribution in [0, 0.1) is 5.82 Å². The molecule has 3 aromatic rings. The normalized spacial score (nSPS) is 13.8. The van der Waals surface area contributed by atoms with Gasteiger partial charge in [-0.05, 0) is 72.6 Å². The molecule has 1 aliphatic rings. The van der Waals surface area contributed by atoms with Crippen LogP contribution >= 0.6 is 0 Å². The standard InChI is InChI=1S/C25H24FN3O3/c1-32-23-13-9-21(10-14-23)27-24(30)19-5-11-22(12-6-19)29-16-2-15-28(25(29)31)17-18-3-7-20(26)8-4-18/h3-14H,2,15-17H2,1H3,(H,27,30). The molecule has 7 heteroatoms. The molecule has 3 aromatic carbocycles. The Labute approximate surface area is 186 Å². The second-order valence-corrected chi connectivity index (χ2v) is 7.57. The summed E-state index contributed by atoms with van der Waals surface area (Å²) in [5.74, 6) is 0.188. The van der Waals surface area contributed by atoms with E-state index < -0.39 is 0 Å². The molecule has 6 nitrogen and oxygen atoms in total. The van der Waals surface area contributed by atoms with Crippen LogP contribution < -0.4 is 15.0 Å². The highest BCUT2D eigenvalue weighted by molar-refractivity contribution is 6.04. The Bertz CT molecular complexity index is 1080. The second kappa shape index (κ2) is 9.51. The predicted octanol–water partition coefficient (Wildman–Crippen LogP) is 4.92. The van der Waals surface area contributed by atoms with E-state index in [0.717, 1.165) is 17.7 Å². The number of rotatable bonds is 6. The van der Waals surface area contributed by atoms with E-state index in [9.17, 15) is 14.0 Å². The minimum atomic E-state index is -0.295. The first-order valence-corrected chi connectivity index (χ1v) is 10.4. The molecule has 0 unspecified atom stereocenters. The van der Waals surface area contributed by atoms with Gasteiger partial charge in [-0.3, -0.25) is 9.69 Å². The van der Waals surface area contributed by atoms with Crippen LogP contribution in [0.5, 0.6) is 5.75 Å². The third kappa shape index (κ3) is 4.88. The molecule has 4 rings (SSSR count). The van der Waals surface area contributed by atoms with Crippen molar-refractivity contribution in [1.82, 2.24) is 4.90 Å². The summed E-state index contributed by atoms with van der Waals surface area (Å²) < 4.78 is 18.3. The summed E-state index contributed by atoms with van der Waals surface area (Å²) in [6, 6.07) is 20.2. The molecule has 0 saturated carbocycles. The second-order valence-electron chi connectivity index (χ2n) is 7.57. The molecule has 0 radical (unpaired) electrons. The Hall–Kier alpha value is -3.87. The molecule has 0 bridgehead atoms. The number of carbonyl (C=O) groups excluding carboxylic acids is 2.